The number of rotatable bonds is 1. The predicted octanol–water partition coefficient (Wildman–Crippen LogP) is -0.599. The standard InChI is InChI=1S/C2H5N3O2.ClH/c3-2(4)1-5(6)7;/h1H,3-4H2;1H. The molecular weight excluding hydrogens is 133 g/mol. The Hall–Kier alpha value is -0.970. The van der Waals surface area contributed by atoms with Crippen molar-refractivity contribution in [2.45, 2.75) is 0 Å². The maximum atomic E-state index is 9.38. The lowest BCUT2D eigenvalue weighted by molar-refractivity contribution is -0.403. The fraction of sp³-hybridized carbons (Fsp3) is 0. The molecule has 5 nitrogen and oxygen atoms in total. The molecule has 0 atom stereocenters. The van der Waals surface area contributed by atoms with E-state index in [-0.39, 0.29) is 18.2 Å². The Labute approximate surface area is 51.9 Å². The first-order chi connectivity index (χ1) is 3.13. The minimum atomic E-state index is -0.713. The molecule has 0 aromatic rings. The zero-order valence-corrected chi connectivity index (χ0v) is 4.72. The van der Waals surface area contributed by atoms with Crippen molar-refractivity contribution in [3.63, 3.8) is 0 Å². The van der Waals surface area contributed by atoms with E-state index >= 15 is 0 Å². The number of hydrogen-bond donors (Lipinski definition) is 2. The molecule has 8 heavy (non-hydrogen) atoms. The maximum Gasteiger partial charge on any atom is 0.273 e. The van der Waals surface area contributed by atoms with E-state index in [2.05, 4.69) is 0 Å². The zero-order chi connectivity index (χ0) is 5.86. The molecule has 0 aromatic carbocycles. The minimum Gasteiger partial charge on any atom is -0.381 e. The fourth-order valence-corrected chi connectivity index (χ4v) is 0.122. The molecule has 0 rings (SSSR count). The summed E-state index contributed by atoms with van der Waals surface area (Å²) in [4.78, 5) is 8.67. The molecule has 6 heteroatoms. The Kier molecular flexibility index (Phi) is 5.30. The lowest BCUT2D eigenvalue weighted by Crippen LogP contribution is -2.09. The third-order valence-corrected chi connectivity index (χ3v) is 0.254. The molecular formula is C2H6ClN3O2. The molecule has 0 amide bonds. The Bertz CT molecular complexity index is 108. The number of nitrogens with two attached hydrogens (primary N) is 2. The highest BCUT2D eigenvalue weighted by Gasteiger charge is 1.85. The molecule has 0 aliphatic heterocycles. The third kappa shape index (κ3) is 8.90. The van der Waals surface area contributed by atoms with Crippen molar-refractivity contribution in [2.24, 2.45) is 11.5 Å². The van der Waals surface area contributed by atoms with E-state index in [1.807, 2.05) is 0 Å². The second kappa shape index (κ2) is 4.20. The summed E-state index contributed by atoms with van der Waals surface area (Å²) >= 11 is 0. The smallest absolute Gasteiger partial charge is 0.273 e. The van der Waals surface area contributed by atoms with Crippen molar-refractivity contribution in [3.05, 3.63) is 22.1 Å². The van der Waals surface area contributed by atoms with Gasteiger partial charge in [0.2, 0.25) is 0 Å². The van der Waals surface area contributed by atoms with Crippen molar-refractivity contribution >= 4 is 12.4 Å². The van der Waals surface area contributed by atoms with Crippen LogP contribution in [0, 0.1) is 10.1 Å². The van der Waals surface area contributed by atoms with Gasteiger partial charge in [0.15, 0.2) is 5.82 Å². The van der Waals surface area contributed by atoms with Gasteiger partial charge in [-0.25, -0.2) is 0 Å². The highest BCUT2D eigenvalue weighted by Crippen LogP contribution is 1.69. The average molecular weight is 140 g/mol. The van der Waals surface area contributed by atoms with E-state index in [0.29, 0.717) is 6.20 Å². The van der Waals surface area contributed by atoms with Crippen LogP contribution in [0.15, 0.2) is 12.0 Å². The van der Waals surface area contributed by atoms with Crippen LogP contribution in [0.1, 0.15) is 0 Å². The highest BCUT2D eigenvalue weighted by atomic mass is 35.5. The Balaban J connectivity index is 0. The van der Waals surface area contributed by atoms with Crippen molar-refractivity contribution in [3.8, 4) is 0 Å². The topological polar surface area (TPSA) is 95.2 Å². The molecule has 0 bridgehead atoms. The third-order valence-electron chi connectivity index (χ3n) is 0.254. The van der Waals surface area contributed by atoms with Gasteiger partial charge in [-0.05, 0) is 0 Å². The van der Waals surface area contributed by atoms with E-state index in [9.17, 15) is 10.1 Å². The van der Waals surface area contributed by atoms with Gasteiger partial charge < -0.3 is 11.5 Å². The van der Waals surface area contributed by atoms with Crippen LogP contribution in [-0.2, 0) is 0 Å². The van der Waals surface area contributed by atoms with Crippen LogP contribution in [0.4, 0.5) is 0 Å². The Morgan fingerprint density at radius 2 is 2.00 bits per heavy atom. The van der Waals surface area contributed by atoms with Crippen LogP contribution >= 0.6 is 12.4 Å². The van der Waals surface area contributed by atoms with Crippen molar-refractivity contribution in [2.75, 3.05) is 0 Å². The fourth-order valence-electron chi connectivity index (χ4n) is 0.122. The largest absolute Gasteiger partial charge is 0.381 e. The molecule has 0 aromatic heterocycles. The maximum absolute atomic E-state index is 9.38. The van der Waals surface area contributed by atoms with Crippen molar-refractivity contribution in [1.29, 1.82) is 0 Å². The predicted molar refractivity (Wildman–Crippen MR) is 30.7 cm³/mol. The van der Waals surface area contributed by atoms with Crippen LogP contribution in [0.5, 0.6) is 0 Å². The number of halogens is 1. The van der Waals surface area contributed by atoms with Gasteiger partial charge in [-0.1, -0.05) is 0 Å². The lowest BCUT2D eigenvalue weighted by atomic mass is 10.8. The van der Waals surface area contributed by atoms with Gasteiger partial charge in [-0.15, -0.1) is 12.4 Å². The molecule has 0 aliphatic rings. The van der Waals surface area contributed by atoms with E-state index < -0.39 is 4.92 Å². The number of nitrogens with zero attached hydrogens (tertiary/aromatic N) is 1. The molecule has 48 valence electrons. The van der Waals surface area contributed by atoms with Crippen LogP contribution in [0.25, 0.3) is 0 Å². The molecule has 0 saturated heterocycles. The summed E-state index contributed by atoms with van der Waals surface area (Å²) in [7, 11) is 0. The van der Waals surface area contributed by atoms with E-state index in [1.165, 1.54) is 0 Å². The quantitative estimate of drug-likeness (QED) is 0.375. The molecule has 0 aliphatic carbocycles. The summed E-state index contributed by atoms with van der Waals surface area (Å²) in [6, 6.07) is 0. The summed E-state index contributed by atoms with van der Waals surface area (Å²) in [5.41, 5.74) is 9.38. The molecule has 0 unspecified atom stereocenters. The normalized spacial score (nSPS) is 6.50. The summed E-state index contributed by atoms with van der Waals surface area (Å²) in [6.45, 7) is 0. The van der Waals surface area contributed by atoms with Gasteiger partial charge in [0.25, 0.3) is 6.20 Å². The number of nitro groups is 1. The summed E-state index contributed by atoms with van der Waals surface area (Å²) in [5, 5.41) is 9.38. The summed E-state index contributed by atoms with van der Waals surface area (Å²) in [5.74, 6) is -0.287. The van der Waals surface area contributed by atoms with E-state index in [1.54, 1.807) is 0 Å². The van der Waals surface area contributed by atoms with Gasteiger partial charge in [0, 0.05) is 0 Å². The summed E-state index contributed by atoms with van der Waals surface area (Å²) in [6.07, 6.45) is 0.528. The second-order valence-corrected chi connectivity index (χ2v) is 0.914. The molecule has 0 fully saturated rings. The molecule has 0 spiro atoms. The van der Waals surface area contributed by atoms with Crippen molar-refractivity contribution < 1.29 is 4.92 Å². The molecule has 0 heterocycles. The van der Waals surface area contributed by atoms with Gasteiger partial charge in [-0.3, -0.25) is 10.1 Å². The van der Waals surface area contributed by atoms with Gasteiger partial charge in [0.05, 0.1) is 4.92 Å². The Morgan fingerprint density at radius 3 is 2.00 bits per heavy atom. The van der Waals surface area contributed by atoms with Crippen LogP contribution in [0.3, 0.4) is 0 Å². The molecule has 0 saturated carbocycles. The zero-order valence-electron chi connectivity index (χ0n) is 3.90. The average Bonchev–Trinajstić information content (AvgIpc) is 1.27. The van der Waals surface area contributed by atoms with Crippen LogP contribution < -0.4 is 11.5 Å². The first kappa shape index (κ1) is 10.1. The summed E-state index contributed by atoms with van der Waals surface area (Å²) < 4.78 is 0. The van der Waals surface area contributed by atoms with E-state index in [0.717, 1.165) is 0 Å². The van der Waals surface area contributed by atoms with E-state index in [4.69, 9.17) is 11.5 Å². The first-order valence-corrected chi connectivity index (χ1v) is 1.49. The minimum absolute atomic E-state index is 0. The van der Waals surface area contributed by atoms with Crippen LogP contribution in [-0.4, -0.2) is 4.92 Å². The highest BCUT2D eigenvalue weighted by molar-refractivity contribution is 5.85. The van der Waals surface area contributed by atoms with Gasteiger partial charge in [0.1, 0.15) is 0 Å². The van der Waals surface area contributed by atoms with Gasteiger partial charge >= 0.3 is 0 Å². The van der Waals surface area contributed by atoms with Crippen LogP contribution in [0.2, 0.25) is 0 Å². The molecule has 0 radical (unpaired) electrons. The SMILES string of the molecule is Cl.NC(N)=C[N+](=O)[O-]. The first-order valence-electron chi connectivity index (χ1n) is 1.49. The second-order valence-electron chi connectivity index (χ2n) is 0.914. The lowest BCUT2D eigenvalue weighted by Gasteiger charge is -1.79. The monoisotopic (exact) mass is 139 g/mol. The van der Waals surface area contributed by atoms with Crippen molar-refractivity contribution in [1.82, 2.24) is 0 Å². The Morgan fingerprint density at radius 1 is 1.62 bits per heavy atom. The molecule has 4 N–H and O–H groups in total. The van der Waals surface area contributed by atoms with Gasteiger partial charge in [-0.2, -0.15) is 0 Å². The number of hydrogen-bond acceptors (Lipinski definition) is 4.